The maximum atomic E-state index is 5.18. The minimum absolute atomic E-state index is 0.194. The molecule has 0 radical (unpaired) electrons. The monoisotopic (exact) mass is 1340 g/mol. The summed E-state index contributed by atoms with van der Waals surface area (Å²) in [5, 5.41) is 0. The number of pyridine rings is 2. The molecule has 6 rings (SSSR count). The van der Waals surface area contributed by atoms with Gasteiger partial charge in [-0.05, 0) is 181 Å². The first kappa shape index (κ1) is 75.5. The van der Waals surface area contributed by atoms with Crippen molar-refractivity contribution in [3.05, 3.63) is 176 Å². The Balaban J connectivity index is 0.00000259. The summed E-state index contributed by atoms with van der Waals surface area (Å²) in [5.74, 6) is 0. The van der Waals surface area contributed by atoms with Gasteiger partial charge in [0.15, 0.2) is 0 Å². The number of rotatable bonds is 36. The molecule has 0 spiro atoms. The van der Waals surface area contributed by atoms with Crippen LogP contribution in [0.5, 0.6) is 0 Å². The molecule has 87 heavy (non-hydrogen) atoms. The zero-order chi connectivity index (χ0) is 63.0. The van der Waals surface area contributed by atoms with Gasteiger partial charge < -0.3 is 0 Å². The molecule has 12 heteroatoms. The Morgan fingerprint density at radius 2 is 0.575 bits per heavy atom. The van der Waals surface area contributed by atoms with E-state index in [9.17, 15) is 0 Å². The molecule has 0 fully saturated rings. The van der Waals surface area contributed by atoms with Gasteiger partial charge >= 0.3 is 66.7 Å². The third-order valence-corrected chi connectivity index (χ3v) is 16.2. The van der Waals surface area contributed by atoms with Crippen LogP contribution in [0.15, 0.2) is 129 Å². The van der Waals surface area contributed by atoms with Gasteiger partial charge in [-0.25, -0.2) is 9.97 Å². The molecule has 0 aliphatic heterocycles. The van der Waals surface area contributed by atoms with Crippen LogP contribution in [0.4, 0.5) is 22.7 Å². The van der Waals surface area contributed by atoms with E-state index in [4.69, 9.17) is 70.3 Å². The van der Waals surface area contributed by atoms with Crippen molar-refractivity contribution in [3.8, 4) is 0 Å². The van der Waals surface area contributed by atoms with Crippen molar-refractivity contribution in [1.29, 1.82) is 0 Å². The van der Waals surface area contributed by atoms with E-state index in [2.05, 4.69) is 140 Å². The van der Waals surface area contributed by atoms with Crippen LogP contribution in [-0.2, 0) is 45.5 Å². The Hall–Kier alpha value is -3.94. The van der Waals surface area contributed by atoms with Gasteiger partial charge in [0.1, 0.15) is 0 Å². The van der Waals surface area contributed by atoms with Crippen molar-refractivity contribution in [1.82, 2.24) is 9.97 Å². The Kier molecular flexibility index (Phi) is 39.3. The summed E-state index contributed by atoms with van der Waals surface area (Å²) in [4.78, 5) is 30.4. The predicted octanol–water partition coefficient (Wildman–Crippen LogP) is 25.1. The van der Waals surface area contributed by atoms with Crippen LogP contribution in [0.2, 0.25) is 0 Å². The maximum absolute atomic E-state index is 5.18. The molecule has 0 atom stereocenters. The van der Waals surface area contributed by atoms with E-state index in [-0.39, 0.29) is 26.3 Å². The Labute approximate surface area is 556 Å². The van der Waals surface area contributed by atoms with Crippen LogP contribution in [0.25, 0.3) is 0 Å². The van der Waals surface area contributed by atoms with Gasteiger partial charge in [0.05, 0.1) is 68.4 Å². The first-order chi connectivity index (χ1) is 42.2. The number of hydrogen-bond donors (Lipinski definition) is 0. The molecule has 0 unspecified atom stereocenters. The molecule has 2 aromatic heterocycles. The van der Waals surface area contributed by atoms with E-state index in [0.717, 1.165) is 110 Å². The van der Waals surface area contributed by atoms with Crippen LogP contribution in [0.3, 0.4) is 0 Å². The second-order valence-corrected chi connectivity index (χ2v) is 27.3. The first-order valence-electron chi connectivity index (χ1n) is 32.5. The second-order valence-electron chi connectivity index (χ2n) is 23.7. The summed E-state index contributed by atoms with van der Waals surface area (Å²) in [7, 11) is 19.1. The molecule has 476 valence electrons. The molecule has 2 heterocycles. The molecule has 0 saturated heterocycles. The molecule has 6 aromatic rings. The minimum atomic E-state index is 0.194. The molecular weight excluding hydrogens is 1240 g/mol. The zero-order valence-corrected chi connectivity index (χ0v) is 59.6. The van der Waals surface area contributed by atoms with Crippen molar-refractivity contribution in [2.45, 2.75) is 243 Å². The summed E-state index contributed by atoms with van der Waals surface area (Å²) in [6.45, 7) is 21.5. The summed E-state index contributed by atoms with van der Waals surface area (Å²) in [5.41, 5.74) is 20.8. The molecule has 0 amide bonds. The van der Waals surface area contributed by atoms with Gasteiger partial charge in [-0.2, -0.15) is 0 Å². The van der Waals surface area contributed by atoms with Crippen molar-refractivity contribution in [2.24, 2.45) is 20.0 Å². The number of aliphatic imine (C=N–C) groups is 4. The Morgan fingerprint density at radius 1 is 0.333 bits per heavy atom. The fourth-order valence-corrected chi connectivity index (χ4v) is 11.3. The third-order valence-electron chi connectivity index (χ3n) is 16.2. The number of unbranched alkanes of at least 4 members (excludes halogenated alkanes) is 22. The summed E-state index contributed by atoms with van der Waals surface area (Å²) >= 11 is 0.389. The Morgan fingerprint density at radius 3 is 0.839 bits per heavy atom. The number of nitrogens with zero attached hydrogens (tertiary/aromatic N) is 6. The molecule has 0 aliphatic rings. The number of halogens is 4. The Bertz CT molecular complexity index is 2780. The number of benzene rings is 4. The van der Waals surface area contributed by atoms with E-state index >= 15 is 0 Å². The van der Waals surface area contributed by atoms with Gasteiger partial charge in [0, 0.05) is 0 Å². The van der Waals surface area contributed by atoms with Crippen LogP contribution in [0.1, 0.15) is 263 Å². The quantitative estimate of drug-likeness (QED) is 0.0223. The van der Waals surface area contributed by atoms with Crippen molar-refractivity contribution in [3.63, 3.8) is 0 Å². The predicted molar refractivity (Wildman–Crippen MR) is 376 cm³/mol. The normalized spacial score (nSPS) is 12.1. The number of aromatic nitrogens is 2. The fourth-order valence-electron chi connectivity index (χ4n) is 11.3. The van der Waals surface area contributed by atoms with E-state index in [0.29, 0.717) is 0 Å². The van der Waals surface area contributed by atoms with E-state index in [1.807, 2.05) is 38.1 Å². The van der Waals surface area contributed by atoms with E-state index < -0.39 is 0 Å². The summed E-state index contributed by atoms with van der Waals surface area (Å²) in [6, 6.07) is 39.0. The van der Waals surface area contributed by atoms with Gasteiger partial charge in [0.2, 0.25) is 0 Å². The summed E-state index contributed by atoms with van der Waals surface area (Å²) in [6.07, 6.45) is 36.2. The van der Waals surface area contributed by atoms with Crippen molar-refractivity contribution >= 4 is 86.0 Å². The van der Waals surface area contributed by atoms with Crippen LogP contribution >= 0.6 is 40.4 Å². The molecule has 0 aliphatic carbocycles. The average molecular weight is 1340 g/mol. The number of hydrogen-bond acceptors (Lipinski definition) is 6. The SMILES string of the molecule is CCCCCCCCCCCCCCc1ccc(N=C(C)c2cccc(C(C)=Nc3c(C)cc(Cc4cc(C)c(N=C(C)c5cccc(C(C)=Nc6ccc(CCCCCCCCCCCCCC)cc6)n5)c(C)c4)cc3C)n2)cc1.[Cl][Fe][Cl].[Cl][Fe][Cl]. The first-order valence-corrected chi connectivity index (χ1v) is 38.6. The van der Waals surface area contributed by atoms with Gasteiger partial charge in [-0.3, -0.25) is 20.0 Å². The van der Waals surface area contributed by atoms with Crippen LogP contribution in [0, 0.1) is 27.7 Å². The van der Waals surface area contributed by atoms with Crippen molar-refractivity contribution < 1.29 is 26.3 Å². The average Bonchev–Trinajstić information content (AvgIpc) is 2.68. The topological polar surface area (TPSA) is 75.2 Å². The van der Waals surface area contributed by atoms with Crippen LogP contribution < -0.4 is 0 Å². The standard InChI is InChI=1S/C75H102N6.4ClH.2Fe/c1-11-13-15-17-19-21-23-25-27-29-31-33-37-64-43-47-68(48-44-64)76-60(7)70-39-35-41-72(80-70)62(9)78-74-56(3)51-66(52-57(74)4)55-67-53-58(5)75(59(6)54-67)79-63(10)73-42-36-40-71(81-73)61(8)77-69-49-45-65(46-50-69)38-34-32-30-28-26-24-22-20-18-16-14-12-2;;;;;;/h35-36,39-54H,11-34,37-38,55H2,1-10H3;4*1H;;/q;;;;;2*+2/p-4. The van der Waals surface area contributed by atoms with Crippen molar-refractivity contribution in [2.75, 3.05) is 0 Å². The molecule has 0 bridgehead atoms. The molecule has 0 N–H and O–H groups in total. The van der Waals surface area contributed by atoms with Gasteiger partial charge in [0.25, 0.3) is 0 Å². The molecule has 4 aromatic carbocycles. The van der Waals surface area contributed by atoms with Crippen LogP contribution in [-0.4, -0.2) is 32.8 Å². The van der Waals surface area contributed by atoms with E-state index in [1.54, 1.807) is 0 Å². The van der Waals surface area contributed by atoms with Gasteiger partial charge in [-0.1, -0.05) is 216 Å². The fraction of sp³-hybridized carbons (Fsp3) is 0.493. The van der Waals surface area contributed by atoms with E-state index in [1.165, 1.54) is 176 Å². The molecular formula is C75H102Cl4Fe2N6. The molecule has 6 nitrogen and oxygen atoms in total. The van der Waals surface area contributed by atoms with Gasteiger partial charge in [-0.15, -0.1) is 0 Å². The molecule has 0 saturated carbocycles. The summed E-state index contributed by atoms with van der Waals surface area (Å²) < 4.78 is 0. The number of aryl methyl sites for hydroxylation is 6. The second kappa shape index (κ2) is 45.3. The third kappa shape index (κ3) is 30.2. The zero-order valence-electron chi connectivity index (χ0n) is 54.4.